The van der Waals surface area contributed by atoms with Crippen molar-refractivity contribution < 1.29 is 0 Å². The third kappa shape index (κ3) is 10.6. The van der Waals surface area contributed by atoms with E-state index < -0.39 is 0 Å². The number of halogens is 4. The number of hydrogen-bond acceptors (Lipinski definition) is 16. The zero-order valence-electron chi connectivity index (χ0n) is 50.3. The topological polar surface area (TPSA) is 242 Å². The molecule has 15 rings (SSSR count). The molecule has 6 fully saturated rings. The van der Waals surface area contributed by atoms with E-state index >= 15 is 0 Å². The van der Waals surface area contributed by atoms with E-state index in [2.05, 4.69) is 34.7 Å². The van der Waals surface area contributed by atoms with E-state index in [9.17, 15) is 14.4 Å². The van der Waals surface area contributed by atoms with Gasteiger partial charge in [-0.05, 0) is 105 Å². The van der Waals surface area contributed by atoms with Gasteiger partial charge in [0.05, 0.1) is 85.6 Å². The predicted molar refractivity (Wildman–Crippen MR) is 351 cm³/mol. The van der Waals surface area contributed by atoms with Gasteiger partial charge in [-0.15, -0.1) is 0 Å². The second kappa shape index (κ2) is 24.1. The van der Waals surface area contributed by atoms with Crippen LogP contribution in [0.4, 0.5) is 17.8 Å². The molecule has 0 bridgehead atoms. The van der Waals surface area contributed by atoms with Gasteiger partial charge in [0.25, 0.3) is 16.7 Å². The summed E-state index contributed by atoms with van der Waals surface area (Å²) in [4.78, 5) is 78.9. The summed E-state index contributed by atoms with van der Waals surface area (Å²) in [7, 11) is 5.39. The Bertz CT molecular complexity index is 3830. The van der Waals surface area contributed by atoms with E-state index in [4.69, 9.17) is 78.6 Å². The first-order valence-electron chi connectivity index (χ1n) is 31.2. The van der Waals surface area contributed by atoms with Crippen LogP contribution in [-0.2, 0) is 40.8 Å². The molecule has 0 unspecified atom stereocenters. The van der Waals surface area contributed by atoms with Crippen molar-refractivity contribution in [3.8, 4) is 0 Å². The third-order valence-corrected chi connectivity index (χ3v) is 22.9. The normalized spacial score (nSPS) is 22.7. The molecular formula is C65H76Cl4N16O3. The number of hydrogen-bond donors (Lipinski definition) is 3. The number of anilines is 3. The lowest BCUT2D eigenvalue weighted by molar-refractivity contribution is 0.196. The number of aromatic nitrogens is 7. The van der Waals surface area contributed by atoms with Crippen molar-refractivity contribution in [3.05, 3.63) is 163 Å². The van der Waals surface area contributed by atoms with Crippen LogP contribution in [0.1, 0.15) is 147 Å². The fourth-order valence-corrected chi connectivity index (χ4v) is 16.6. The summed E-state index contributed by atoms with van der Waals surface area (Å²) in [6.45, 7) is 6.52. The van der Waals surface area contributed by atoms with Crippen LogP contribution in [0.25, 0.3) is 0 Å². The average Bonchev–Trinajstić information content (AvgIpc) is 2.00. The maximum Gasteiger partial charge on any atom is 0.264 e. The minimum Gasteiger partial charge on any atom is -0.342 e. The Morgan fingerprint density at radius 1 is 0.455 bits per heavy atom. The van der Waals surface area contributed by atoms with E-state index in [0.717, 1.165) is 120 Å². The van der Waals surface area contributed by atoms with Gasteiger partial charge in [0.15, 0.2) is 0 Å². The summed E-state index contributed by atoms with van der Waals surface area (Å²) in [6, 6.07) is 17.9. The molecule has 4 aromatic heterocycles. The van der Waals surface area contributed by atoms with Gasteiger partial charge in [0, 0.05) is 101 Å². The van der Waals surface area contributed by atoms with Gasteiger partial charge >= 0.3 is 0 Å². The van der Waals surface area contributed by atoms with Crippen LogP contribution in [0.15, 0.2) is 90.2 Å². The Morgan fingerprint density at radius 3 is 1.22 bits per heavy atom. The molecule has 0 amide bonds. The molecule has 6 N–H and O–H groups in total. The first-order chi connectivity index (χ1) is 42.4. The number of nitrogens with zero attached hydrogens (tertiary/aromatic N) is 13. The van der Waals surface area contributed by atoms with Gasteiger partial charge in [-0.1, -0.05) is 108 Å². The van der Waals surface area contributed by atoms with Crippen LogP contribution >= 0.6 is 46.4 Å². The Hall–Kier alpha value is -6.32. The van der Waals surface area contributed by atoms with Crippen molar-refractivity contribution in [2.75, 3.05) is 54.0 Å². The monoisotopic (exact) mass is 1270 g/mol. The summed E-state index contributed by atoms with van der Waals surface area (Å²) in [5, 5.41) is 1.34. The molecule has 462 valence electrons. The van der Waals surface area contributed by atoms with Crippen molar-refractivity contribution in [2.45, 2.75) is 134 Å². The van der Waals surface area contributed by atoms with E-state index in [1.165, 1.54) is 38.5 Å². The highest BCUT2D eigenvalue weighted by Gasteiger charge is 2.46. The smallest absolute Gasteiger partial charge is 0.264 e. The maximum atomic E-state index is 13.3. The molecule has 6 aromatic rings. The second-order valence-corrected chi connectivity index (χ2v) is 27.3. The number of nitrogens with two attached hydrogens (primary N) is 3. The first-order valence-corrected chi connectivity index (χ1v) is 32.7. The SMILES string of the molecule is Cn1c(N2CCC3(CCC[C@H]3N)CC2)nc2c(c1=O)C(c1cccc(Cl)c1Cl)=NC2.Cn1c(N2CCC3(CCC[C@H]3N)CC2)nc2c(c1=O)C(c1ccccc1)=NC2.Cn1c(N2CCC3(CCC[C@H]3N)CC2)nc2c(c1=O)C(c1ccnc(Cl)c1Cl)=NC2. The summed E-state index contributed by atoms with van der Waals surface area (Å²) in [5.41, 5.74) is 27.9. The molecular weight excluding hydrogens is 1190 g/mol. The molecule has 19 nitrogen and oxygen atoms in total. The van der Waals surface area contributed by atoms with Crippen LogP contribution in [0, 0.1) is 16.2 Å². The molecule has 9 aliphatic rings. The van der Waals surface area contributed by atoms with Gasteiger partial charge < -0.3 is 31.9 Å². The molecule has 3 saturated carbocycles. The number of piperidine rings is 3. The highest BCUT2D eigenvalue weighted by Crippen LogP contribution is 2.48. The number of pyridine rings is 1. The van der Waals surface area contributed by atoms with Crippen LogP contribution in [0.5, 0.6) is 0 Å². The molecule has 6 aliphatic heterocycles. The largest absolute Gasteiger partial charge is 0.342 e. The number of rotatable bonds is 6. The minimum atomic E-state index is -0.117. The molecule has 2 aromatic carbocycles. The Balaban J connectivity index is 0.000000122. The quantitative estimate of drug-likeness (QED) is 0.132. The van der Waals surface area contributed by atoms with Crippen molar-refractivity contribution >= 4 is 81.4 Å². The zero-order chi connectivity index (χ0) is 61.4. The Kier molecular flexibility index (Phi) is 16.6. The molecule has 0 radical (unpaired) electrons. The zero-order valence-corrected chi connectivity index (χ0v) is 53.3. The number of fused-ring (bicyclic) bond motifs is 3. The molecule has 23 heteroatoms. The average molecular weight is 1270 g/mol. The fraction of sp³-hybridized carbons (Fsp3) is 0.508. The molecule has 3 aliphatic carbocycles. The standard InChI is InChI=1S/C22H25Cl2N5O.C22H27N5O.C21H24Cl2N6O/c1-28-20(30)17-15(12-26-19(17)13-4-2-5-14(23)18(13)24)27-21(28)29-10-8-22(9-11-29)7-3-6-16(22)25;1-26-20(28)18-16(14-24-19(18)15-6-3-2-4-7-15)25-21(26)27-12-10-22(11-13-27)9-5-8-17(22)23;1-28-19(30)15-13(11-26-17(15)12-4-8-25-18(23)16(12)22)27-20(28)29-9-6-21(7-10-29)5-2-3-14(21)24/h2,4-5,16H,3,6-12,25H2,1H3;2-4,6-7,17H,5,8-14,23H2,1H3;4,8,14H,2-3,5-7,9-11,24H2,1H3/t16-;17-;14-/m111/s1. The Morgan fingerprint density at radius 2 is 0.830 bits per heavy atom. The molecule has 88 heavy (non-hydrogen) atoms. The predicted octanol–water partition coefficient (Wildman–Crippen LogP) is 8.70. The summed E-state index contributed by atoms with van der Waals surface area (Å²) in [6.07, 6.45) is 18.7. The summed E-state index contributed by atoms with van der Waals surface area (Å²) in [5.74, 6) is 2.19. The summed E-state index contributed by atoms with van der Waals surface area (Å²) < 4.78 is 4.98. The maximum absolute atomic E-state index is 13.3. The Labute approximate surface area is 532 Å². The first kappa shape index (κ1) is 60.6. The number of benzene rings is 2. The van der Waals surface area contributed by atoms with Gasteiger partial charge in [0.2, 0.25) is 17.8 Å². The molecule has 3 spiro atoms. The summed E-state index contributed by atoms with van der Waals surface area (Å²) >= 11 is 25.0. The van der Waals surface area contributed by atoms with Crippen LogP contribution in [0.2, 0.25) is 20.2 Å². The van der Waals surface area contributed by atoms with Gasteiger partial charge in [-0.3, -0.25) is 43.1 Å². The molecule has 10 heterocycles. The lowest BCUT2D eigenvalue weighted by Gasteiger charge is -2.42. The van der Waals surface area contributed by atoms with E-state index in [1.54, 1.807) is 46.1 Å². The van der Waals surface area contributed by atoms with Crippen molar-refractivity contribution in [3.63, 3.8) is 0 Å². The van der Waals surface area contributed by atoms with E-state index in [0.29, 0.717) is 121 Å². The van der Waals surface area contributed by atoms with Gasteiger partial charge in [-0.25, -0.2) is 19.9 Å². The van der Waals surface area contributed by atoms with Gasteiger partial charge in [0.1, 0.15) is 5.15 Å². The highest BCUT2D eigenvalue weighted by atomic mass is 35.5. The minimum absolute atomic E-state index is 0.00189. The van der Waals surface area contributed by atoms with E-state index in [-0.39, 0.29) is 32.7 Å². The van der Waals surface area contributed by atoms with Crippen molar-refractivity contribution in [2.24, 2.45) is 69.6 Å². The van der Waals surface area contributed by atoms with Crippen molar-refractivity contribution in [1.29, 1.82) is 0 Å². The number of aliphatic imine (C=N–C) groups is 3. The van der Waals surface area contributed by atoms with Crippen LogP contribution in [0.3, 0.4) is 0 Å². The molecule has 3 saturated heterocycles. The lowest BCUT2D eigenvalue weighted by Crippen LogP contribution is -2.48. The van der Waals surface area contributed by atoms with Crippen LogP contribution < -0.4 is 48.6 Å². The highest BCUT2D eigenvalue weighted by molar-refractivity contribution is 6.45. The molecule has 3 atom stereocenters. The van der Waals surface area contributed by atoms with E-state index in [1.807, 2.05) is 49.5 Å². The fourth-order valence-electron chi connectivity index (χ4n) is 15.9. The van der Waals surface area contributed by atoms with Crippen molar-refractivity contribution in [1.82, 2.24) is 33.6 Å². The lowest BCUT2D eigenvalue weighted by atomic mass is 9.74. The third-order valence-electron chi connectivity index (χ3n) is 21.3. The van der Waals surface area contributed by atoms with Crippen LogP contribution in [-0.4, -0.2) is 108 Å². The van der Waals surface area contributed by atoms with Gasteiger partial charge in [-0.2, -0.15) is 0 Å². The second-order valence-electron chi connectivity index (χ2n) is 25.8.